The van der Waals surface area contributed by atoms with Crippen molar-refractivity contribution in [3.63, 3.8) is 0 Å². The molecule has 1 heteroatoms. The van der Waals surface area contributed by atoms with E-state index in [0.717, 1.165) is 6.54 Å². The maximum atomic E-state index is 3.90. The lowest BCUT2D eigenvalue weighted by atomic mass is 10.0. The van der Waals surface area contributed by atoms with E-state index >= 15 is 0 Å². The summed E-state index contributed by atoms with van der Waals surface area (Å²) in [7, 11) is 2.39. The van der Waals surface area contributed by atoms with Crippen molar-refractivity contribution in [2.24, 2.45) is 0 Å². The lowest BCUT2D eigenvalue weighted by Crippen LogP contribution is -2.47. The van der Waals surface area contributed by atoms with Crippen LogP contribution in [-0.4, -0.2) is 24.6 Å². The van der Waals surface area contributed by atoms with Gasteiger partial charge in [0.2, 0.25) is 0 Å². The Morgan fingerprint density at radius 1 is 1.19 bits per heavy atom. The van der Waals surface area contributed by atoms with Gasteiger partial charge in [0.1, 0.15) is 6.54 Å². The molecule has 0 atom stereocenters. The summed E-state index contributed by atoms with van der Waals surface area (Å²) in [4.78, 5) is 0. The van der Waals surface area contributed by atoms with Crippen molar-refractivity contribution in [3.05, 3.63) is 42.0 Å². The Morgan fingerprint density at radius 2 is 1.88 bits per heavy atom. The first-order valence-corrected chi connectivity index (χ1v) is 6.27. The van der Waals surface area contributed by atoms with Gasteiger partial charge >= 0.3 is 0 Å². The van der Waals surface area contributed by atoms with Crippen LogP contribution in [0.4, 0.5) is 0 Å². The molecule has 0 bridgehead atoms. The summed E-state index contributed by atoms with van der Waals surface area (Å²) in [5.41, 5.74) is 2.74. The molecule has 0 N–H and O–H groups in total. The molecule has 0 aromatic heterocycles. The van der Waals surface area contributed by atoms with E-state index < -0.39 is 0 Å². The Bertz CT molecular complexity index is 361. The molecule has 1 aromatic carbocycles. The number of nitrogens with zero attached hydrogens (tertiary/aromatic N) is 1. The van der Waals surface area contributed by atoms with Crippen LogP contribution in [0.15, 0.2) is 30.8 Å². The van der Waals surface area contributed by atoms with Gasteiger partial charge in [0, 0.05) is 5.56 Å². The van der Waals surface area contributed by atoms with Crippen molar-refractivity contribution < 1.29 is 4.48 Å². The predicted molar refractivity (Wildman–Crippen MR) is 70.0 cm³/mol. The number of quaternary nitrogens is 1. The summed E-state index contributed by atoms with van der Waals surface area (Å²) in [6.45, 7) is 7.71. The summed E-state index contributed by atoms with van der Waals surface area (Å²) in [5.74, 6) is 0. The van der Waals surface area contributed by atoms with E-state index in [9.17, 15) is 0 Å². The van der Waals surface area contributed by atoms with Gasteiger partial charge in [-0.2, -0.15) is 0 Å². The molecule has 0 amide bonds. The monoisotopic (exact) mass is 216 g/mol. The van der Waals surface area contributed by atoms with Crippen LogP contribution in [0, 0.1) is 0 Å². The van der Waals surface area contributed by atoms with Gasteiger partial charge in [0.25, 0.3) is 0 Å². The van der Waals surface area contributed by atoms with Crippen LogP contribution in [0.5, 0.6) is 0 Å². The van der Waals surface area contributed by atoms with Crippen molar-refractivity contribution in [1.82, 2.24) is 0 Å². The second kappa shape index (κ2) is 4.84. The van der Waals surface area contributed by atoms with E-state index in [-0.39, 0.29) is 0 Å². The minimum absolute atomic E-state index is 1.15. The summed E-state index contributed by atoms with van der Waals surface area (Å²) in [6, 6.07) is 8.64. The molecule has 1 heterocycles. The second-order valence-corrected chi connectivity index (χ2v) is 5.19. The van der Waals surface area contributed by atoms with Gasteiger partial charge in [0.05, 0.1) is 20.1 Å². The Morgan fingerprint density at radius 3 is 2.56 bits per heavy atom. The highest BCUT2D eigenvalue weighted by Gasteiger charge is 2.25. The van der Waals surface area contributed by atoms with E-state index in [0.29, 0.717) is 0 Å². The third-order valence-electron chi connectivity index (χ3n) is 3.72. The normalized spacial score (nSPS) is 19.3. The fraction of sp³-hybridized carbons (Fsp3) is 0.467. The van der Waals surface area contributed by atoms with Crippen LogP contribution in [0.3, 0.4) is 0 Å². The van der Waals surface area contributed by atoms with E-state index in [1.54, 1.807) is 0 Å². The molecule has 0 unspecified atom stereocenters. The molecule has 0 aliphatic carbocycles. The predicted octanol–water partition coefficient (Wildman–Crippen LogP) is 3.46. The molecule has 1 nitrogen and oxygen atoms in total. The van der Waals surface area contributed by atoms with E-state index in [2.05, 4.69) is 37.9 Å². The average Bonchev–Trinajstić information content (AvgIpc) is 2.30. The number of hydrogen-bond donors (Lipinski definition) is 0. The second-order valence-electron chi connectivity index (χ2n) is 5.19. The molecular formula is C15H22N+. The first-order valence-electron chi connectivity index (χ1n) is 6.27. The SMILES string of the molecule is C=Cc1ccccc1C[N+]1(C)CCCCC1. The standard InChI is InChI=1S/C15H22N/c1-3-14-9-5-6-10-15(14)13-16(2)11-7-4-8-12-16/h3,5-6,9-10H,1,4,7-8,11-13H2,2H3/q+1. The third kappa shape index (κ3) is 2.53. The van der Waals surface area contributed by atoms with Gasteiger partial charge in [-0.15, -0.1) is 0 Å². The van der Waals surface area contributed by atoms with Crippen LogP contribution in [0.25, 0.3) is 6.08 Å². The minimum atomic E-state index is 1.15. The van der Waals surface area contributed by atoms with Crippen molar-refractivity contribution in [2.75, 3.05) is 20.1 Å². The number of likely N-dealkylation sites (tertiary alicyclic amines) is 1. The zero-order valence-corrected chi connectivity index (χ0v) is 10.3. The van der Waals surface area contributed by atoms with Gasteiger partial charge in [0.15, 0.2) is 0 Å². The Balaban J connectivity index is 2.15. The number of benzene rings is 1. The maximum absolute atomic E-state index is 3.90. The van der Waals surface area contributed by atoms with Crippen LogP contribution < -0.4 is 0 Å². The third-order valence-corrected chi connectivity index (χ3v) is 3.72. The average molecular weight is 216 g/mol. The Kier molecular flexibility index (Phi) is 3.45. The summed E-state index contributed by atoms with van der Waals surface area (Å²) >= 11 is 0. The van der Waals surface area contributed by atoms with Gasteiger partial charge in [-0.3, -0.25) is 0 Å². The first-order chi connectivity index (χ1) is 7.73. The fourth-order valence-corrected chi connectivity index (χ4v) is 2.72. The van der Waals surface area contributed by atoms with Crippen molar-refractivity contribution in [1.29, 1.82) is 0 Å². The molecule has 1 fully saturated rings. The molecule has 86 valence electrons. The van der Waals surface area contributed by atoms with E-state index in [4.69, 9.17) is 0 Å². The van der Waals surface area contributed by atoms with Crippen molar-refractivity contribution >= 4 is 6.08 Å². The highest BCUT2D eigenvalue weighted by Crippen LogP contribution is 2.22. The smallest absolute Gasteiger partial charge is 0.105 e. The van der Waals surface area contributed by atoms with Crippen molar-refractivity contribution in [2.45, 2.75) is 25.8 Å². The van der Waals surface area contributed by atoms with Crippen LogP contribution >= 0.6 is 0 Å². The maximum Gasteiger partial charge on any atom is 0.105 e. The van der Waals surface area contributed by atoms with Gasteiger partial charge in [-0.05, 0) is 24.8 Å². The summed E-state index contributed by atoms with van der Waals surface area (Å²) < 4.78 is 1.20. The molecule has 0 spiro atoms. The molecule has 0 radical (unpaired) electrons. The van der Waals surface area contributed by atoms with Crippen LogP contribution in [-0.2, 0) is 6.54 Å². The van der Waals surface area contributed by atoms with Gasteiger partial charge < -0.3 is 4.48 Å². The Labute approximate surface area is 99.0 Å². The largest absolute Gasteiger partial charge is 0.322 e. The number of rotatable bonds is 3. The van der Waals surface area contributed by atoms with E-state index in [1.165, 1.54) is 48.0 Å². The van der Waals surface area contributed by atoms with Crippen molar-refractivity contribution in [3.8, 4) is 0 Å². The summed E-state index contributed by atoms with van der Waals surface area (Å²) in [5, 5.41) is 0. The Hall–Kier alpha value is -1.08. The molecular weight excluding hydrogens is 194 g/mol. The van der Waals surface area contributed by atoms with Gasteiger partial charge in [-0.1, -0.05) is 36.9 Å². The topological polar surface area (TPSA) is 0 Å². The zero-order chi connectivity index (χ0) is 11.4. The van der Waals surface area contributed by atoms with Crippen LogP contribution in [0.1, 0.15) is 30.4 Å². The molecule has 1 saturated heterocycles. The number of piperidine rings is 1. The van der Waals surface area contributed by atoms with Gasteiger partial charge in [-0.25, -0.2) is 0 Å². The fourth-order valence-electron chi connectivity index (χ4n) is 2.72. The lowest BCUT2D eigenvalue weighted by Gasteiger charge is -2.38. The zero-order valence-electron chi connectivity index (χ0n) is 10.3. The minimum Gasteiger partial charge on any atom is -0.322 e. The highest BCUT2D eigenvalue weighted by atomic mass is 15.3. The molecule has 1 aliphatic heterocycles. The van der Waals surface area contributed by atoms with E-state index in [1.807, 2.05) is 6.08 Å². The van der Waals surface area contributed by atoms with Crippen LogP contribution in [0.2, 0.25) is 0 Å². The molecule has 0 saturated carbocycles. The lowest BCUT2D eigenvalue weighted by molar-refractivity contribution is -0.926. The highest BCUT2D eigenvalue weighted by molar-refractivity contribution is 5.51. The first kappa shape index (κ1) is 11.4. The summed E-state index contributed by atoms with van der Waals surface area (Å²) in [6.07, 6.45) is 6.15. The quantitative estimate of drug-likeness (QED) is 0.679. The molecule has 2 rings (SSSR count). The molecule has 1 aliphatic rings. The molecule has 16 heavy (non-hydrogen) atoms. The molecule has 1 aromatic rings. The number of hydrogen-bond acceptors (Lipinski definition) is 0.